The van der Waals surface area contributed by atoms with Gasteiger partial charge >= 0.3 is 5.38 Å². The van der Waals surface area contributed by atoms with E-state index in [1.54, 1.807) is 25.2 Å². The van der Waals surface area contributed by atoms with Gasteiger partial charge in [0.1, 0.15) is 11.3 Å². The second-order valence-corrected chi connectivity index (χ2v) is 11.6. The number of hydrogen-bond donors (Lipinski definition) is 3. The van der Waals surface area contributed by atoms with Gasteiger partial charge in [-0.1, -0.05) is 41.0 Å². The van der Waals surface area contributed by atoms with Crippen molar-refractivity contribution in [1.82, 2.24) is 15.2 Å². The van der Waals surface area contributed by atoms with Crippen LogP contribution in [0.5, 0.6) is 0 Å². The van der Waals surface area contributed by atoms with Crippen molar-refractivity contribution in [2.45, 2.75) is 41.3 Å². The van der Waals surface area contributed by atoms with Gasteiger partial charge in [-0.25, -0.2) is 0 Å². The van der Waals surface area contributed by atoms with E-state index in [-0.39, 0.29) is 45.1 Å². The van der Waals surface area contributed by atoms with Gasteiger partial charge in [-0.3, -0.25) is 14.4 Å². The molecular weight excluding hydrogens is 621 g/mol. The molecule has 2 heterocycles. The molecule has 8 nitrogen and oxygen atoms in total. The lowest BCUT2D eigenvalue weighted by molar-refractivity contribution is -0.107. The Morgan fingerprint density at radius 2 is 1.88 bits per heavy atom. The van der Waals surface area contributed by atoms with E-state index in [1.807, 2.05) is 4.98 Å². The Kier molecular flexibility index (Phi) is 9.99. The van der Waals surface area contributed by atoms with Gasteiger partial charge in [-0.05, 0) is 73.1 Å². The van der Waals surface area contributed by atoms with Gasteiger partial charge in [-0.2, -0.15) is 8.78 Å². The van der Waals surface area contributed by atoms with Crippen LogP contribution in [0.3, 0.4) is 0 Å². The summed E-state index contributed by atoms with van der Waals surface area (Å²) in [7, 11) is 1.80. The summed E-state index contributed by atoms with van der Waals surface area (Å²) in [6, 6.07) is 9.06. The summed E-state index contributed by atoms with van der Waals surface area (Å²) in [6.45, 7) is 0.942. The molecule has 0 unspecified atom stereocenters. The van der Waals surface area contributed by atoms with E-state index in [1.165, 1.54) is 21.9 Å². The van der Waals surface area contributed by atoms with Crippen LogP contribution in [0.2, 0.25) is 10.0 Å². The molecule has 0 saturated heterocycles. The predicted octanol–water partition coefficient (Wildman–Crippen LogP) is 5.34. The highest BCUT2D eigenvalue weighted by atomic mass is 35.5. The first kappa shape index (κ1) is 31.3. The van der Waals surface area contributed by atoms with Crippen molar-refractivity contribution >= 4 is 64.6 Å². The van der Waals surface area contributed by atoms with Crippen LogP contribution >= 0.6 is 46.6 Å². The molecule has 1 aliphatic heterocycles. The zero-order valence-corrected chi connectivity index (χ0v) is 24.7. The Balaban J connectivity index is 1.71. The molecule has 1 aliphatic rings. The van der Waals surface area contributed by atoms with Gasteiger partial charge in [0.25, 0.3) is 11.5 Å². The highest BCUT2D eigenvalue weighted by Gasteiger charge is 2.34. The number of aliphatic hydroxyl groups is 1. The number of hydrogen-bond acceptors (Lipinski definition) is 6. The smallest absolute Gasteiger partial charge is 0.362 e. The quantitative estimate of drug-likeness (QED) is 0.148. The van der Waals surface area contributed by atoms with Gasteiger partial charge in [0, 0.05) is 40.7 Å². The number of carbonyl (C=O) groups excluding carboxylic acids is 2. The Morgan fingerprint density at radius 1 is 1.22 bits per heavy atom. The summed E-state index contributed by atoms with van der Waals surface area (Å²) in [5.41, 5.74) is 0.134. The molecule has 3 N–H and O–H groups in total. The third kappa shape index (κ3) is 6.87. The lowest BCUT2D eigenvalue weighted by Gasteiger charge is -2.21. The van der Waals surface area contributed by atoms with Crippen LogP contribution in [0.25, 0.3) is 0 Å². The molecule has 218 valence electrons. The first-order chi connectivity index (χ1) is 19.5. The van der Waals surface area contributed by atoms with Gasteiger partial charge < -0.3 is 25.2 Å². The van der Waals surface area contributed by atoms with Crippen LogP contribution < -0.4 is 15.8 Å². The number of anilines is 1. The summed E-state index contributed by atoms with van der Waals surface area (Å²) in [6.07, 6.45) is 1.36. The van der Waals surface area contributed by atoms with Crippen LogP contribution in [0.15, 0.2) is 51.0 Å². The Morgan fingerprint density at radius 3 is 2.46 bits per heavy atom. The molecule has 41 heavy (non-hydrogen) atoms. The molecule has 0 radical (unpaired) electrons. The Hall–Kier alpha value is -2.67. The summed E-state index contributed by atoms with van der Waals surface area (Å²) < 4.78 is 28.0. The third-order valence-electron chi connectivity index (χ3n) is 6.49. The van der Waals surface area contributed by atoms with Gasteiger partial charge in [0.05, 0.1) is 16.7 Å². The van der Waals surface area contributed by atoms with Crippen LogP contribution in [0, 0.1) is 0 Å². The minimum absolute atomic E-state index is 0.0832. The molecule has 0 atom stereocenters. The molecule has 0 bridgehead atoms. The van der Waals surface area contributed by atoms with Crippen molar-refractivity contribution in [3.05, 3.63) is 84.7 Å². The van der Waals surface area contributed by atoms with E-state index in [2.05, 4.69) is 5.32 Å². The van der Waals surface area contributed by atoms with Crippen molar-refractivity contribution in [3.63, 3.8) is 0 Å². The number of aromatic amines is 1. The minimum atomic E-state index is -3.90. The largest absolute Gasteiger partial charge is 0.392 e. The standard InChI is InChI=1S/C27H25Cl3F2N4O4S/c1-33-6-3-7-35(14-38)20-9-16-12-36(11-15(16)8-17(20)13-37)26(40)23-21(10-22(27(30,31)32)34-25(23)39)41-24-18(28)4-2-5-19(24)29/h2,4-5,8-10,14,33,37H,3,6-7,11-13H2,1H3,(H,34,39). The van der Waals surface area contributed by atoms with Crippen LogP contribution in [0.4, 0.5) is 14.5 Å². The maximum Gasteiger partial charge on any atom is 0.362 e. The molecule has 2 aromatic carbocycles. The zero-order valence-electron chi connectivity index (χ0n) is 21.6. The number of nitrogens with one attached hydrogen (secondary N) is 2. The van der Waals surface area contributed by atoms with E-state index in [0.717, 1.165) is 29.0 Å². The number of aliphatic hydroxyl groups excluding tert-OH is 1. The maximum absolute atomic E-state index is 14.0. The second-order valence-electron chi connectivity index (χ2n) is 9.23. The molecule has 3 aromatic rings. The molecule has 14 heteroatoms. The topological polar surface area (TPSA) is 106 Å². The lowest BCUT2D eigenvalue weighted by Crippen LogP contribution is -2.32. The van der Waals surface area contributed by atoms with Crippen LogP contribution in [0.1, 0.15) is 39.2 Å². The second kappa shape index (κ2) is 13.1. The molecular formula is C27H25Cl3F2N4O4S. The number of pyridine rings is 1. The first-order valence-corrected chi connectivity index (χ1v) is 14.3. The average Bonchev–Trinajstić information content (AvgIpc) is 3.34. The van der Waals surface area contributed by atoms with Crippen molar-refractivity contribution in [2.75, 3.05) is 25.0 Å². The summed E-state index contributed by atoms with van der Waals surface area (Å²) >= 11 is 18.5. The first-order valence-electron chi connectivity index (χ1n) is 12.4. The molecule has 1 aromatic heterocycles. The zero-order chi connectivity index (χ0) is 29.9. The van der Waals surface area contributed by atoms with Gasteiger partial charge in [0.15, 0.2) is 0 Å². The number of alkyl halides is 3. The highest BCUT2D eigenvalue weighted by molar-refractivity contribution is 7.99. The van der Waals surface area contributed by atoms with Crippen LogP contribution in [-0.4, -0.2) is 47.4 Å². The molecule has 4 rings (SSSR count). The predicted molar refractivity (Wildman–Crippen MR) is 155 cm³/mol. The van der Waals surface area contributed by atoms with Crippen molar-refractivity contribution < 1.29 is 23.5 Å². The molecule has 2 amide bonds. The van der Waals surface area contributed by atoms with Gasteiger partial charge in [0.2, 0.25) is 6.41 Å². The van der Waals surface area contributed by atoms with E-state index in [4.69, 9.17) is 34.8 Å². The minimum Gasteiger partial charge on any atom is -0.392 e. The fraction of sp³-hybridized carbons (Fsp3) is 0.296. The Bertz CT molecular complexity index is 1510. The number of H-pyrrole nitrogens is 1. The van der Waals surface area contributed by atoms with E-state index >= 15 is 0 Å². The molecule has 0 saturated carbocycles. The van der Waals surface area contributed by atoms with Crippen molar-refractivity contribution in [1.29, 1.82) is 0 Å². The highest BCUT2D eigenvalue weighted by Crippen LogP contribution is 2.42. The molecule has 0 spiro atoms. The summed E-state index contributed by atoms with van der Waals surface area (Å²) in [5, 5.41) is 9.50. The number of halogens is 5. The maximum atomic E-state index is 14.0. The SMILES string of the molecule is CNCCCN(C=O)c1cc2c(cc1CO)CN(C(=O)c1c(Sc3c(Cl)cccc3Cl)cc(C(F)(F)Cl)[nH]c1=O)C2. The van der Waals surface area contributed by atoms with E-state index in [9.17, 15) is 28.3 Å². The fourth-order valence-corrected chi connectivity index (χ4v) is 6.24. The third-order valence-corrected chi connectivity index (χ3v) is 8.73. The fourth-order valence-electron chi connectivity index (χ4n) is 4.50. The number of fused-ring (bicyclic) bond motifs is 1. The number of nitrogens with zero attached hydrogens (tertiary/aromatic N) is 2. The summed E-state index contributed by atoms with van der Waals surface area (Å²) in [5.74, 6) is -0.717. The number of carbonyl (C=O) groups is 2. The Labute approximate surface area is 253 Å². The normalized spacial score (nSPS) is 12.9. The summed E-state index contributed by atoms with van der Waals surface area (Å²) in [4.78, 5) is 43.7. The average molecular weight is 646 g/mol. The van der Waals surface area contributed by atoms with Crippen molar-refractivity contribution in [3.8, 4) is 0 Å². The van der Waals surface area contributed by atoms with Gasteiger partial charge in [-0.15, -0.1) is 0 Å². The number of benzene rings is 2. The number of rotatable bonds is 11. The monoisotopic (exact) mass is 644 g/mol. The molecule has 0 fully saturated rings. The number of amides is 2. The number of aromatic nitrogens is 1. The lowest BCUT2D eigenvalue weighted by atomic mass is 10.0. The van der Waals surface area contributed by atoms with E-state index in [0.29, 0.717) is 37.2 Å². The van der Waals surface area contributed by atoms with Crippen LogP contribution in [-0.2, 0) is 29.9 Å². The van der Waals surface area contributed by atoms with Crippen molar-refractivity contribution in [2.24, 2.45) is 0 Å². The molecule has 0 aliphatic carbocycles. The van der Waals surface area contributed by atoms with E-state index < -0.39 is 22.5 Å².